The maximum absolute atomic E-state index is 13.4. The van der Waals surface area contributed by atoms with E-state index in [0.29, 0.717) is 39.0 Å². The first kappa shape index (κ1) is 19.1. The largest absolute Gasteiger partial charge is 0.444 e. The van der Waals surface area contributed by atoms with Crippen LogP contribution in [0, 0.1) is 5.82 Å². The van der Waals surface area contributed by atoms with Crippen molar-refractivity contribution in [2.75, 3.05) is 19.7 Å². The molecule has 1 spiro atoms. The van der Waals surface area contributed by atoms with Crippen LogP contribution in [0.25, 0.3) is 0 Å². The number of amides is 1. The lowest BCUT2D eigenvalue weighted by Crippen LogP contribution is -2.57. The number of benzene rings is 1. The molecule has 2 fully saturated rings. The maximum Gasteiger partial charge on any atom is 0.410 e. The summed E-state index contributed by atoms with van der Waals surface area (Å²) in [7, 11) is 0. The number of aliphatic hydroxyl groups is 1. The Balaban J connectivity index is 1.86. The van der Waals surface area contributed by atoms with E-state index in [0.717, 1.165) is 5.56 Å². The molecule has 0 bridgehead atoms. The number of likely N-dealkylation sites (tertiary alicyclic amines) is 1. The highest BCUT2D eigenvalue weighted by molar-refractivity contribution is 5.68. The van der Waals surface area contributed by atoms with Crippen molar-refractivity contribution in [2.24, 2.45) is 0 Å². The van der Waals surface area contributed by atoms with Gasteiger partial charge in [-0.1, -0.05) is 12.1 Å². The molecule has 144 valence electrons. The van der Waals surface area contributed by atoms with Gasteiger partial charge in [0, 0.05) is 32.0 Å². The minimum atomic E-state index is -0.560. The highest BCUT2D eigenvalue weighted by Gasteiger charge is 2.49. The first-order valence-electron chi connectivity index (χ1n) is 9.24. The molecule has 1 aromatic rings. The van der Waals surface area contributed by atoms with Crippen LogP contribution in [0.15, 0.2) is 24.3 Å². The number of hydrogen-bond acceptors (Lipinski definition) is 4. The third-order valence-corrected chi connectivity index (χ3v) is 5.19. The zero-order valence-corrected chi connectivity index (χ0v) is 15.7. The van der Waals surface area contributed by atoms with Crippen LogP contribution in [-0.4, -0.2) is 53.1 Å². The van der Waals surface area contributed by atoms with Crippen LogP contribution in [0.4, 0.5) is 9.18 Å². The van der Waals surface area contributed by atoms with Gasteiger partial charge in [0.1, 0.15) is 11.4 Å². The van der Waals surface area contributed by atoms with Crippen molar-refractivity contribution in [3.05, 3.63) is 35.6 Å². The molecule has 3 rings (SSSR count). The first-order chi connectivity index (χ1) is 12.2. The molecule has 0 aromatic heterocycles. The lowest BCUT2D eigenvalue weighted by molar-refractivity contribution is -0.153. The predicted molar refractivity (Wildman–Crippen MR) is 95.5 cm³/mol. The van der Waals surface area contributed by atoms with Crippen molar-refractivity contribution in [3.63, 3.8) is 0 Å². The van der Waals surface area contributed by atoms with Crippen LogP contribution in [0.5, 0.6) is 0 Å². The van der Waals surface area contributed by atoms with Crippen molar-refractivity contribution < 1.29 is 23.8 Å². The summed E-state index contributed by atoms with van der Waals surface area (Å²) in [6.07, 6.45) is 0.992. The van der Waals surface area contributed by atoms with E-state index in [1.807, 2.05) is 20.8 Å². The fourth-order valence-electron chi connectivity index (χ4n) is 3.95. The van der Waals surface area contributed by atoms with Crippen molar-refractivity contribution in [1.82, 2.24) is 4.90 Å². The second-order valence-corrected chi connectivity index (χ2v) is 8.34. The Morgan fingerprint density at radius 3 is 2.65 bits per heavy atom. The van der Waals surface area contributed by atoms with Crippen molar-refractivity contribution >= 4 is 6.09 Å². The second-order valence-electron chi connectivity index (χ2n) is 8.34. The van der Waals surface area contributed by atoms with Crippen molar-refractivity contribution in [1.29, 1.82) is 0 Å². The first-order valence-corrected chi connectivity index (χ1v) is 9.24. The number of piperidine rings is 1. The van der Waals surface area contributed by atoms with Crippen LogP contribution < -0.4 is 0 Å². The number of carbonyl (C=O) groups excluding carboxylic acids is 1. The Morgan fingerprint density at radius 1 is 1.35 bits per heavy atom. The highest BCUT2D eigenvalue weighted by atomic mass is 19.1. The van der Waals surface area contributed by atoms with Gasteiger partial charge in [0.2, 0.25) is 0 Å². The molecule has 6 heteroatoms. The molecule has 2 saturated heterocycles. The van der Waals surface area contributed by atoms with E-state index in [2.05, 4.69) is 0 Å². The molecular weight excluding hydrogens is 337 g/mol. The van der Waals surface area contributed by atoms with E-state index in [-0.39, 0.29) is 17.8 Å². The molecular formula is C20H28FNO4. The summed E-state index contributed by atoms with van der Waals surface area (Å²) in [5, 5.41) is 10.2. The number of halogens is 1. The smallest absolute Gasteiger partial charge is 0.410 e. The van der Waals surface area contributed by atoms with Gasteiger partial charge in [-0.25, -0.2) is 9.18 Å². The summed E-state index contributed by atoms with van der Waals surface area (Å²) < 4.78 is 25.1. The minimum Gasteiger partial charge on any atom is -0.444 e. The molecule has 0 aliphatic carbocycles. The third-order valence-electron chi connectivity index (χ3n) is 5.19. The molecule has 0 radical (unpaired) electrons. The van der Waals surface area contributed by atoms with Crippen LogP contribution in [0.3, 0.4) is 0 Å². The van der Waals surface area contributed by atoms with Gasteiger partial charge >= 0.3 is 6.09 Å². The standard InChI is InChI=1S/C20H28FNO4/c1-19(2,3)26-18(24)22-10-9-20(12-16(23)8-11-25-20)17(13-22)14-4-6-15(21)7-5-14/h4-7,16-17,23H,8-13H2,1-3H3. The van der Waals surface area contributed by atoms with Crippen molar-refractivity contribution in [2.45, 2.75) is 63.3 Å². The quantitative estimate of drug-likeness (QED) is 0.828. The van der Waals surface area contributed by atoms with Crippen LogP contribution in [0.1, 0.15) is 51.5 Å². The molecule has 1 N–H and O–H groups in total. The number of carbonyl (C=O) groups is 1. The molecule has 0 saturated carbocycles. The van der Waals surface area contributed by atoms with Gasteiger partial charge in [-0.05, 0) is 51.3 Å². The fourth-order valence-corrected chi connectivity index (χ4v) is 3.95. The SMILES string of the molecule is CC(C)(C)OC(=O)N1CCC2(CC(O)CCO2)C(c2ccc(F)cc2)C1. The average Bonchev–Trinajstić information content (AvgIpc) is 2.54. The summed E-state index contributed by atoms with van der Waals surface area (Å²) in [5.74, 6) is -0.438. The molecule has 3 unspecified atom stereocenters. The molecule has 2 aliphatic rings. The average molecular weight is 365 g/mol. The number of rotatable bonds is 1. The van der Waals surface area contributed by atoms with Crippen LogP contribution in [0.2, 0.25) is 0 Å². The Kier molecular flexibility index (Phi) is 5.26. The van der Waals surface area contributed by atoms with Gasteiger partial charge in [-0.15, -0.1) is 0 Å². The third kappa shape index (κ3) is 4.18. The Labute approximate surface area is 154 Å². The number of ether oxygens (including phenoxy) is 2. The Bertz CT molecular complexity index is 642. The van der Waals surface area contributed by atoms with E-state index in [1.54, 1.807) is 17.0 Å². The number of aliphatic hydroxyl groups excluding tert-OH is 1. The van der Waals surface area contributed by atoms with Gasteiger partial charge in [0.15, 0.2) is 0 Å². The van der Waals surface area contributed by atoms with E-state index >= 15 is 0 Å². The van der Waals surface area contributed by atoms with E-state index in [9.17, 15) is 14.3 Å². The minimum absolute atomic E-state index is 0.140. The summed E-state index contributed by atoms with van der Waals surface area (Å²) in [4.78, 5) is 14.2. The van der Waals surface area contributed by atoms with Gasteiger partial charge in [-0.3, -0.25) is 0 Å². The summed E-state index contributed by atoms with van der Waals surface area (Å²) in [5.41, 5.74) is -0.183. The van der Waals surface area contributed by atoms with E-state index in [1.165, 1.54) is 12.1 Å². The van der Waals surface area contributed by atoms with Gasteiger partial charge in [0.05, 0.1) is 11.7 Å². The van der Waals surface area contributed by atoms with Gasteiger partial charge in [-0.2, -0.15) is 0 Å². The summed E-state index contributed by atoms with van der Waals surface area (Å²) in [6.45, 7) is 6.95. The molecule has 1 aromatic carbocycles. The zero-order valence-electron chi connectivity index (χ0n) is 15.7. The zero-order chi connectivity index (χ0) is 18.9. The predicted octanol–water partition coefficient (Wildman–Crippen LogP) is 3.46. The lowest BCUT2D eigenvalue weighted by atomic mass is 9.72. The molecule has 5 nitrogen and oxygen atoms in total. The van der Waals surface area contributed by atoms with Gasteiger partial charge < -0.3 is 19.5 Å². The van der Waals surface area contributed by atoms with Crippen LogP contribution >= 0.6 is 0 Å². The lowest BCUT2D eigenvalue weighted by Gasteiger charge is -2.50. The number of hydrogen-bond donors (Lipinski definition) is 1. The fraction of sp³-hybridized carbons (Fsp3) is 0.650. The van der Waals surface area contributed by atoms with E-state index < -0.39 is 17.3 Å². The summed E-state index contributed by atoms with van der Waals surface area (Å²) >= 11 is 0. The summed E-state index contributed by atoms with van der Waals surface area (Å²) in [6, 6.07) is 6.33. The normalized spacial score (nSPS) is 29.7. The maximum atomic E-state index is 13.4. The monoisotopic (exact) mass is 365 g/mol. The van der Waals surface area contributed by atoms with Gasteiger partial charge in [0.25, 0.3) is 0 Å². The van der Waals surface area contributed by atoms with Crippen LogP contribution in [-0.2, 0) is 9.47 Å². The Morgan fingerprint density at radius 2 is 2.04 bits per heavy atom. The second kappa shape index (κ2) is 7.16. The molecule has 2 aliphatic heterocycles. The molecule has 26 heavy (non-hydrogen) atoms. The molecule has 2 heterocycles. The molecule has 1 amide bonds. The topological polar surface area (TPSA) is 59.0 Å². The number of nitrogens with zero attached hydrogens (tertiary/aromatic N) is 1. The highest BCUT2D eigenvalue weighted by Crippen LogP contribution is 2.44. The molecule has 3 atom stereocenters. The van der Waals surface area contributed by atoms with Crippen molar-refractivity contribution in [3.8, 4) is 0 Å². The van der Waals surface area contributed by atoms with E-state index in [4.69, 9.17) is 9.47 Å². The Hall–Kier alpha value is -1.66.